The van der Waals surface area contributed by atoms with Crippen LogP contribution in [0, 0.1) is 0 Å². The molecule has 1 aliphatic rings. The second kappa shape index (κ2) is 6.21. The molecule has 3 nitrogen and oxygen atoms in total. The topological polar surface area (TPSA) is 35.5 Å². The van der Waals surface area contributed by atoms with Gasteiger partial charge in [0, 0.05) is 24.2 Å². The Balaban J connectivity index is 2.20. The summed E-state index contributed by atoms with van der Waals surface area (Å²) in [6.45, 7) is 4.37. The van der Waals surface area contributed by atoms with E-state index in [0.717, 1.165) is 25.1 Å². The molecule has 2 N–H and O–H groups in total. The van der Waals surface area contributed by atoms with Crippen LogP contribution in [0.5, 0.6) is 5.75 Å². The minimum atomic E-state index is 0.340. The van der Waals surface area contributed by atoms with Crippen LogP contribution in [0.2, 0.25) is 0 Å². The molecule has 0 amide bonds. The number of hydrogen-bond acceptors (Lipinski definition) is 3. The summed E-state index contributed by atoms with van der Waals surface area (Å²) < 4.78 is 0. The number of phenols is 1. The van der Waals surface area contributed by atoms with E-state index in [2.05, 4.69) is 23.2 Å². The molecule has 1 aromatic carbocycles. The molecule has 3 heteroatoms. The van der Waals surface area contributed by atoms with Crippen molar-refractivity contribution in [2.75, 3.05) is 20.1 Å². The normalized spacial score (nSPS) is 22.2. The number of nitrogens with one attached hydrogen (secondary N) is 1. The summed E-state index contributed by atoms with van der Waals surface area (Å²) in [4.78, 5) is 2.55. The van der Waals surface area contributed by atoms with Gasteiger partial charge >= 0.3 is 0 Å². The highest BCUT2D eigenvalue weighted by molar-refractivity contribution is 5.34. The van der Waals surface area contributed by atoms with Crippen molar-refractivity contribution in [2.24, 2.45) is 0 Å². The molecule has 0 aromatic heterocycles. The summed E-state index contributed by atoms with van der Waals surface area (Å²) in [5.41, 5.74) is 1.07. The van der Waals surface area contributed by atoms with Crippen LogP contribution in [0.25, 0.3) is 0 Å². The molecule has 100 valence electrons. The van der Waals surface area contributed by atoms with E-state index in [4.69, 9.17) is 0 Å². The lowest BCUT2D eigenvalue weighted by atomic mass is 10.0. The van der Waals surface area contributed by atoms with Crippen molar-refractivity contribution in [1.29, 1.82) is 0 Å². The van der Waals surface area contributed by atoms with Crippen molar-refractivity contribution in [3.05, 3.63) is 29.8 Å². The van der Waals surface area contributed by atoms with Gasteiger partial charge in [-0.05, 0) is 38.9 Å². The molecule has 1 heterocycles. The van der Waals surface area contributed by atoms with Gasteiger partial charge in [-0.3, -0.25) is 4.90 Å². The zero-order valence-electron chi connectivity index (χ0n) is 11.4. The van der Waals surface area contributed by atoms with Crippen molar-refractivity contribution in [3.63, 3.8) is 0 Å². The summed E-state index contributed by atoms with van der Waals surface area (Å²) >= 11 is 0. The van der Waals surface area contributed by atoms with Gasteiger partial charge < -0.3 is 10.4 Å². The van der Waals surface area contributed by atoms with Crippen molar-refractivity contribution in [3.8, 4) is 5.75 Å². The maximum atomic E-state index is 10.0. The quantitative estimate of drug-likeness (QED) is 0.840. The Bertz CT molecular complexity index is 381. The summed E-state index contributed by atoms with van der Waals surface area (Å²) in [6.07, 6.45) is 3.55. The van der Waals surface area contributed by atoms with E-state index in [1.807, 2.05) is 19.2 Å². The molecule has 0 radical (unpaired) electrons. The van der Waals surface area contributed by atoms with Gasteiger partial charge in [-0.2, -0.15) is 0 Å². The number of hydrogen-bond donors (Lipinski definition) is 2. The van der Waals surface area contributed by atoms with E-state index in [1.54, 1.807) is 6.07 Å². The molecule has 1 aliphatic heterocycles. The van der Waals surface area contributed by atoms with E-state index < -0.39 is 0 Å². The second-order valence-corrected chi connectivity index (χ2v) is 5.07. The fourth-order valence-electron chi connectivity index (χ4n) is 3.13. The monoisotopic (exact) mass is 248 g/mol. The molecular formula is C15H24N2O. The Hall–Kier alpha value is -1.06. The van der Waals surface area contributed by atoms with E-state index in [9.17, 15) is 5.11 Å². The third kappa shape index (κ3) is 2.68. The molecule has 0 spiro atoms. The molecule has 2 rings (SSSR count). The predicted octanol–water partition coefficient (Wildman–Crippen LogP) is 2.53. The van der Waals surface area contributed by atoms with Crippen LogP contribution in [-0.4, -0.2) is 36.2 Å². The van der Waals surface area contributed by atoms with Crippen LogP contribution in [-0.2, 0) is 0 Å². The van der Waals surface area contributed by atoms with E-state index >= 15 is 0 Å². The van der Waals surface area contributed by atoms with Crippen LogP contribution in [0.4, 0.5) is 0 Å². The number of likely N-dealkylation sites (N-methyl/N-ethyl adjacent to an activating group) is 1. The van der Waals surface area contributed by atoms with Gasteiger partial charge in [0.1, 0.15) is 5.75 Å². The van der Waals surface area contributed by atoms with Crippen LogP contribution >= 0.6 is 0 Å². The first-order valence-electron chi connectivity index (χ1n) is 6.96. The zero-order valence-corrected chi connectivity index (χ0v) is 11.4. The number of phenolic OH excluding ortho intramolecular Hbond substituents is 1. The highest BCUT2D eigenvalue weighted by atomic mass is 16.3. The summed E-state index contributed by atoms with van der Waals surface area (Å²) in [5, 5.41) is 13.3. The Morgan fingerprint density at radius 1 is 1.44 bits per heavy atom. The van der Waals surface area contributed by atoms with E-state index in [1.165, 1.54) is 12.8 Å². The lowest BCUT2D eigenvalue weighted by molar-refractivity contribution is 0.171. The van der Waals surface area contributed by atoms with Crippen LogP contribution < -0.4 is 5.32 Å². The maximum absolute atomic E-state index is 10.0. The molecule has 0 aliphatic carbocycles. The molecule has 0 bridgehead atoms. The Morgan fingerprint density at radius 2 is 2.22 bits per heavy atom. The number of rotatable bonds is 5. The lowest BCUT2D eigenvalue weighted by Gasteiger charge is -2.33. The molecular weight excluding hydrogens is 224 g/mol. The molecule has 1 aromatic rings. The summed E-state index contributed by atoms with van der Waals surface area (Å²) in [6, 6.07) is 8.69. The fraction of sp³-hybridized carbons (Fsp3) is 0.600. The Labute approximate surface area is 110 Å². The van der Waals surface area contributed by atoms with E-state index in [-0.39, 0.29) is 0 Å². The lowest BCUT2D eigenvalue weighted by Crippen LogP contribution is -2.39. The van der Waals surface area contributed by atoms with Crippen LogP contribution in [0.1, 0.15) is 37.8 Å². The first-order chi connectivity index (χ1) is 8.77. The largest absolute Gasteiger partial charge is 0.508 e. The molecule has 2 unspecified atom stereocenters. The number of likely N-dealkylation sites (tertiary alicyclic amines) is 1. The Kier molecular flexibility index (Phi) is 4.61. The van der Waals surface area contributed by atoms with Gasteiger partial charge in [0.25, 0.3) is 0 Å². The zero-order chi connectivity index (χ0) is 13.0. The molecule has 0 saturated carbocycles. The number of benzene rings is 1. The Morgan fingerprint density at radius 3 is 2.89 bits per heavy atom. The van der Waals surface area contributed by atoms with Crippen molar-refractivity contribution in [1.82, 2.24) is 10.2 Å². The molecule has 2 atom stereocenters. The SMILES string of the molecule is CCC(c1ccccc1O)N1CCCC1CNC. The third-order valence-corrected chi connectivity index (χ3v) is 3.95. The maximum Gasteiger partial charge on any atom is 0.120 e. The average molecular weight is 248 g/mol. The van der Waals surface area contributed by atoms with E-state index in [0.29, 0.717) is 17.8 Å². The number of nitrogens with zero attached hydrogens (tertiary/aromatic N) is 1. The first-order valence-corrected chi connectivity index (χ1v) is 6.96. The van der Waals surface area contributed by atoms with Gasteiger partial charge in [0.05, 0.1) is 0 Å². The first kappa shape index (κ1) is 13.4. The number of para-hydroxylation sites is 1. The average Bonchev–Trinajstić information content (AvgIpc) is 2.82. The fourth-order valence-corrected chi connectivity index (χ4v) is 3.13. The summed E-state index contributed by atoms with van der Waals surface area (Å²) in [7, 11) is 2.01. The smallest absolute Gasteiger partial charge is 0.120 e. The van der Waals surface area contributed by atoms with Crippen molar-refractivity contribution in [2.45, 2.75) is 38.3 Å². The molecule has 1 saturated heterocycles. The van der Waals surface area contributed by atoms with Crippen LogP contribution in [0.15, 0.2) is 24.3 Å². The van der Waals surface area contributed by atoms with Crippen molar-refractivity contribution >= 4 is 0 Å². The minimum Gasteiger partial charge on any atom is -0.508 e. The molecule has 1 fully saturated rings. The minimum absolute atomic E-state index is 0.340. The standard InChI is InChI=1S/C15H24N2O/c1-3-14(13-8-4-5-9-15(13)18)17-10-6-7-12(17)11-16-2/h4-5,8-9,12,14,16,18H,3,6-7,10-11H2,1-2H3. The van der Waals surface area contributed by atoms with Gasteiger partial charge in [-0.25, -0.2) is 0 Å². The summed E-state index contributed by atoms with van der Waals surface area (Å²) in [5.74, 6) is 0.430. The third-order valence-electron chi connectivity index (χ3n) is 3.95. The highest BCUT2D eigenvalue weighted by Gasteiger charge is 2.31. The van der Waals surface area contributed by atoms with Crippen molar-refractivity contribution < 1.29 is 5.11 Å². The predicted molar refractivity (Wildman–Crippen MR) is 74.8 cm³/mol. The van der Waals surface area contributed by atoms with Gasteiger partial charge in [-0.15, -0.1) is 0 Å². The highest BCUT2D eigenvalue weighted by Crippen LogP contribution is 2.35. The second-order valence-electron chi connectivity index (χ2n) is 5.07. The van der Waals surface area contributed by atoms with Crippen LogP contribution in [0.3, 0.4) is 0 Å². The number of aromatic hydroxyl groups is 1. The van der Waals surface area contributed by atoms with Gasteiger partial charge in [0.2, 0.25) is 0 Å². The van der Waals surface area contributed by atoms with Gasteiger partial charge in [0.15, 0.2) is 0 Å². The van der Waals surface area contributed by atoms with Gasteiger partial charge in [-0.1, -0.05) is 25.1 Å². The molecule has 18 heavy (non-hydrogen) atoms.